The van der Waals surface area contributed by atoms with Crippen LogP contribution in [0, 0.1) is 5.92 Å². The zero-order valence-corrected chi connectivity index (χ0v) is 11.9. The molecule has 0 radical (unpaired) electrons. The van der Waals surface area contributed by atoms with Gasteiger partial charge in [-0.25, -0.2) is 0 Å². The first-order valence-corrected chi connectivity index (χ1v) is 7.89. The van der Waals surface area contributed by atoms with Crippen LogP contribution in [0.15, 0.2) is 24.3 Å². The van der Waals surface area contributed by atoms with Gasteiger partial charge in [0.1, 0.15) is 0 Å². The molecule has 2 heteroatoms. The number of likely N-dealkylation sites (tertiary alicyclic amines) is 1. The Morgan fingerprint density at radius 3 is 2.32 bits per heavy atom. The molecule has 0 bridgehead atoms. The van der Waals surface area contributed by atoms with Crippen LogP contribution in [0.3, 0.4) is 0 Å². The van der Waals surface area contributed by atoms with Crippen molar-refractivity contribution in [2.75, 3.05) is 6.54 Å². The Labute approximate surface area is 117 Å². The lowest BCUT2D eigenvalue weighted by molar-refractivity contribution is 0.183. The fourth-order valence-corrected chi connectivity index (χ4v) is 3.94. The summed E-state index contributed by atoms with van der Waals surface area (Å²) in [5.74, 6) is 0.978. The van der Waals surface area contributed by atoms with Crippen LogP contribution in [0.2, 0.25) is 0 Å². The normalized spacial score (nSPS) is 25.2. The van der Waals surface area contributed by atoms with Crippen molar-refractivity contribution >= 4 is 0 Å². The van der Waals surface area contributed by atoms with E-state index in [0.29, 0.717) is 6.54 Å². The second-order valence-corrected chi connectivity index (χ2v) is 6.25. The number of rotatable bonds is 4. The van der Waals surface area contributed by atoms with Crippen molar-refractivity contribution in [1.29, 1.82) is 0 Å². The van der Waals surface area contributed by atoms with E-state index in [4.69, 9.17) is 5.73 Å². The second kappa shape index (κ2) is 6.06. The highest BCUT2D eigenvalue weighted by atomic mass is 15.2. The van der Waals surface area contributed by atoms with E-state index in [1.54, 1.807) is 0 Å². The third kappa shape index (κ3) is 3.01. The fraction of sp³-hybridized carbons (Fsp3) is 0.647. The van der Waals surface area contributed by atoms with Gasteiger partial charge in [0, 0.05) is 19.1 Å². The van der Waals surface area contributed by atoms with Gasteiger partial charge >= 0.3 is 0 Å². The summed E-state index contributed by atoms with van der Waals surface area (Å²) in [6.07, 6.45) is 8.66. The van der Waals surface area contributed by atoms with Crippen LogP contribution in [-0.2, 0) is 13.1 Å². The summed E-state index contributed by atoms with van der Waals surface area (Å²) >= 11 is 0. The summed E-state index contributed by atoms with van der Waals surface area (Å²) in [5.41, 5.74) is 8.34. The number of nitrogens with zero attached hydrogens (tertiary/aromatic N) is 1. The first-order valence-electron chi connectivity index (χ1n) is 7.89. The first-order chi connectivity index (χ1) is 9.36. The van der Waals surface area contributed by atoms with Crippen LogP contribution in [0.25, 0.3) is 0 Å². The third-order valence-corrected chi connectivity index (χ3v) is 5.00. The molecular formula is C17H26N2. The Morgan fingerprint density at radius 1 is 0.947 bits per heavy atom. The highest BCUT2D eigenvalue weighted by Gasteiger charge is 2.32. The number of hydrogen-bond acceptors (Lipinski definition) is 2. The van der Waals surface area contributed by atoms with Crippen molar-refractivity contribution in [1.82, 2.24) is 4.90 Å². The van der Waals surface area contributed by atoms with Gasteiger partial charge in [0.05, 0.1) is 0 Å². The minimum absolute atomic E-state index is 0.648. The van der Waals surface area contributed by atoms with Gasteiger partial charge in [-0.2, -0.15) is 0 Å². The number of benzene rings is 1. The topological polar surface area (TPSA) is 29.3 Å². The van der Waals surface area contributed by atoms with Crippen LogP contribution in [0.1, 0.15) is 49.7 Å². The van der Waals surface area contributed by atoms with Crippen molar-refractivity contribution in [2.45, 2.75) is 57.7 Å². The predicted octanol–water partition coefficient (Wildman–Crippen LogP) is 3.30. The van der Waals surface area contributed by atoms with Crippen LogP contribution in [-0.4, -0.2) is 17.5 Å². The average molecular weight is 258 g/mol. The summed E-state index contributed by atoms with van der Waals surface area (Å²) in [4.78, 5) is 2.73. The molecule has 1 saturated carbocycles. The molecule has 0 spiro atoms. The van der Waals surface area contributed by atoms with Gasteiger partial charge in [0.25, 0.3) is 0 Å². The zero-order valence-electron chi connectivity index (χ0n) is 11.9. The van der Waals surface area contributed by atoms with E-state index in [1.165, 1.54) is 56.2 Å². The monoisotopic (exact) mass is 258 g/mol. The van der Waals surface area contributed by atoms with E-state index in [0.717, 1.165) is 18.5 Å². The Hall–Kier alpha value is -0.860. The molecule has 2 aliphatic rings. The quantitative estimate of drug-likeness (QED) is 0.898. The molecule has 1 aromatic carbocycles. The average Bonchev–Trinajstić information content (AvgIpc) is 3.10. The van der Waals surface area contributed by atoms with E-state index >= 15 is 0 Å². The van der Waals surface area contributed by atoms with E-state index in [2.05, 4.69) is 29.2 Å². The number of hydrogen-bond donors (Lipinski definition) is 1. The lowest BCUT2D eigenvalue weighted by Crippen LogP contribution is -2.34. The summed E-state index contributed by atoms with van der Waals surface area (Å²) in [6.45, 7) is 3.07. The highest BCUT2D eigenvalue weighted by Crippen LogP contribution is 2.35. The van der Waals surface area contributed by atoms with Crippen LogP contribution >= 0.6 is 0 Å². The molecule has 104 valence electrons. The van der Waals surface area contributed by atoms with Gasteiger partial charge in [-0.3, -0.25) is 4.90 Å². The van der Waals surface area contributed by atoms with E-state index in [1.807, 2.05) is 0 Å². The van der Waals surface area contributed by atoms with Crippen molar-refractivity contribution in [2.24, 2.45) is 11.7 Å². The highest BCUT2D eigenvalue weighted by molar-refractivity contribution is 5.22. The maximum Gasteiger partial charge on any atom is 0.0236 e. The SMILES string of the molecule is NCc1ccc(CN2CCCC2C2CCCC2)cc1. The lowest BCUT2D eigenvalue weighted by atomic mass is 9.95. The second-order valence-electron chi connectivity index (χ2n) is 6.25. The molecule has 1 aliphatic carbocycles. The molecule has 1 saturated heterocycles. The van der Waals surface area contributed by atoms with Gasteiger partial charge in [-0.1, -0.05) is 37.1 Å². The maximum absolute atomic E-state index is 5.66. The Morgan fingerprint density at radius 2 is 1.63 bits per heavy atom. The standard InChI is InChI=1S/C17H26N2/c18-12-14-7-9-15(10-8-14)13-19-11-3-6-17(19)16-4-1-2-5-16/h7-10,16-17H,1-6,11-13,18H2. The summed E-state index contributed by atoms with van der Waals surface area (Å²) in [5, 5.41) is 0. The molecule has 3 rings (SSSR count). The molecule has 19 heavy (non-hydrogen) atoms. The molecule has 1 heterocycles. The van der Waals surface area contributed by atoms with Crippen LogP contribution in [0.5, 0.6) is 0 Å². The third-order valence-electron chi connectivity index (χ3n) is 5.00. The first kappa shape index (κ1) is 13.1. The lowest BCUT2D eigenvalue weighted by Gasteiger charge is -2.29. The summed E-state index contributed by atoms with van der Waals surface area (Å²) in [6, 6.07) is 9.72. The summed E-state index contributed by atoms with van der Waals surface area (Å²) < 4.78 is 0. The van der Waals surface area contributed by atoms with Gasteiger partial charge in [-0.15, -0.1) is 0 Å². The molecule has 1 aliphatic heterocycles. The molecule has 1 unspecified atom stereocenters. The van der Waals surface area contributed by atoms with Gasteiger partial charge in [-0.05, 0) is 49.3 Å². The molecular weight excluding hydrogens is 232 g/mol. The van der Waals surface area contributed by atoms with Crippen molar-refractivity contribution in [3.05, 3.63) is 35.4 Å². The van der Waals surface area contributed by atoms with E-state index in [9.17, 15) is 0 Å². The van der Waals surface area contributed by atoms with Gasteiger partial charge in [0.2, 0.25) is 0 Å². The van der Waals surface area contributed by atoms with Crippen molar-refractivity contribution < 1.29 is 0 Å². The van der Waals surface area contributed by atoms with Crippen LogP contribution in [0.4, 0.5) is 0 Å². The smallest absolute Gasteiger partial charge is 0.0236 e. The molecule has 2 N–H and O–H groups in total. The zero-order chi connectivity index (χ0) is 13.1. The van der Waals surface area contributed by atoms with Crippen molar-refractivity contribution in [3.8, 4) is 0 Å². The van der Waals surface area contributed by atoms with Gasteiger partial charge < -0.3 is 5.73 Å². The molecule has 0 aromatic heterocycles. The Balaban J connectivity index is 1.63. The Kier molecular flexibility index (Phi) is 4.19. The summed E-state index contributed by atoms with van der Waals surface area (Å²) in [7, 11) is 0. The number of nitrogens with two attached hydrogens (primary N) is 1. The largest absolute Gasteiger partial charge is 0.326 e. The molecule has 2 fully saturated rings. The van der Waals surface area contributed by atoms with E-state index in [-0.39, 0.29) is 0 Å². The molecule has 2 nitrogen and oxygen atoms in total. The molecule has 0 amide bonds. The minimum Gasteiger partial charge on any atom is -0.326 e. The minimum atomic E-state index is 0.648. The maximum atomic E-state index is 5.66. The fourth-order valence-electron chi connectivity index (χ4n) is 3.94. The van der Waals surface area contributed by atoms with Gasteiger partial charge in [0.15, 0.2) is 0 Å². The predicted molar refractivity (Wildman–Crippen MR) is 79.7 cm³/mol. The molecule has 1 atom stereocenters. The van der Waals surface area contributed by atoms with Crippen molar-refractivity contribution in [3.63, 3.8) is 0 Å². The Bertz CT molecular complexity index is 392. The van der Waals surface area contributed by atoms with Crippen LogP contribution < -0.4 is 5.73 Å². The molecule has 1 aromatic rings. The van der Waals surface area contributed by atoms with E-state index < -0.39 is 0 Å².